The van der Waals surface area contributed by atoms with Crippen LogP contribution in [0.5, 0.6) is 11.5 Å². The fourth-order valence-corrected chi connectivity index (χ4v) is 6.40. The van der Waals surface area contributed by atoms with Gasteiger partial charge in [0.15, 0.2) is 11.5 Å². The van der Waals surface area contributed by atoms with Crippen molar-refractivity contribution in [1.29, 1.82) is 0 Å². The summed E-state index contributed by atoms with van der Waals surface area (Å²) >= 11 is 1.13. The quantitative estimate of drug-likeness (QED) is 0.290. The first-order chi connectivity index (χ1) is 19.0. The van der Waals surface area contributed by atoms with Crippen LogP contribution in [0.1, 0.15) is 68.9 Å². The van der Waals surface area contributed by atoms with Crippen molar-refractivity contribution >= 4 is 40.6 Å². The number of hydrogen-bond donors (Lipinski definition) is 1. The van der Waals surface area contributed by atoms with Crippen molar-refractivity contribution in [2.75, 3.05) is 14.2 Å². The number of carbonyl (C=O) groups is 2. The number of cyclic esters (lactones) is 1. The highest BCUT2D eigenvalue weighted by Gasteiger charge is 2.49. The molecule has 2 heterocycles. The minimum Gasteiger partial charge on any atom is -0.493 e. The van der Waals surface area contributed by atoms with Crippen LogP contribution < -0.4 is 9.47 Å². The molecule has 1 aromatic heterocycles. The summed E-state index contributed by atoms with van der Waals surface area (Å²) in [6.45, 7) is 0. The van der Waals surface area contributed by atoms with E-state index in [1.807, 2.05) is 18.2 Å². The molecular formula is C30H34N2O6S. The first-order valence-corrected chi connectivity index (χ1v) is 14.3. The second kappa shape index (κ2) is 11.8. The number of fused-ring (bicyclic) bond motifs is 1. The normalized spacial score (nSPS) is 21.7. The van der Waals surface area contributed by atoms with Crippen molar-refractivity contribution in [3.8, 4) is 11.5 Å². The molecule has 1 N–H and O–H groups in total. The molecule has 0 saturated heterocycles. The lowest BCUT2D eigenvalue weighted by molar-refractivity contribution is -0.185. The molecule has 0 spiro atoms. The summed E-state index contributed by atoms with van der Waals surface area (Å²) in [7, 11) is 3.08. The van der Waals surface area contributed by atoms with Crippen LogP contribution in [0.15, 0.2) is 42.0 Å². The molecule has 0 amide bonds. The zero-order valence-corrected chi connectivity index (χ0v) is 23.2. The van der Waals surface area contributed by atoms with Gasteiger partial charge in [0.1, 0.15) is 17.3 Å². The van der Waals surface area contributed by atoms with E-state index in [2.05, 4.69) is 8.75 Å². The Morgan fingerprint density at radius 3 is 2.33 bits per heavy atom. The van der Waals surface area contributed by atoms with Gasteiger partial charge in [-0.3, -0.25) is 0 Å². The number of carbonyl (C=O) groups excluding carboxylic acids is 2. The molecule has 39 heavy (non-hydrogen) atoms. The Labute approximate surface area is 232 Å². The van der Waals surface area contributed by atoms with E-state index >= 15 is 0 Å². The van der Waals surface area contributed by atoms with Crippen LogP contribution in [0, 0.1) is 11.8 Å². The molecule has 3 aliphatic rings. The van der Waals surface area contributed by atoms with Gasteiger partial charge in [-0.25, -0.2) is 4.79 Å². The minimum absolute atomic E-state index is 0.394. The maximum Gasteiger partial charge on any atom is 0.341 e. The number of aliphatic hydroxyl groups is 1. The molecule has 0 radical (unpaired) electrons. The number of hydrogen-bond acceptors (Lipinski definition) is 9. The fraction of sp³-hybridized carbons (Fsp3) is 0.467. The Balaban J connectivity index is 0.000000384. The van der Waals surface area contributed by atoms with E-state index in [0.717, 1.165) is 67.6 Å². The molecule has 2 aromatic carbocycles. The highest BCUT2D eigenvalue weighted by Crippen LogP contribution is 2.49. The van der Waals surface area contributed by atoms with E-state index in [1.54, 1.807) is 25.3 Å². The lowest BCUT2D eigenvalue weighted by atomic mass is 9.85. The van der Waals surface area contributed by atoms with Gasteiger partial charge in [-0.15, -0.1) is 0 Å². The number of nitrogens with zero attached hydrogens (tertiary/aromatic N) is 2. The molecule has 1 aliphatic heterocycles. The zero-order chi connectivity index (χ0) is 27.4. The Bertz CT molecular complexity index is 1370. The van der Waals surface area contributed by atoms with Gasteiger partial charge in [0.05, 0.1) is 31.5 Å². The number of ether oxygens (including phenoxy) is 3. The van der Waals surface area contributed by atoms with Crippen molar-refractivity contribution < 1.29 is 28.9 Å². The Morgan fingerprint density at radius 2 is 1.67 bits per heavy atom. The van der Waals surface area contributed by atoms with Crippen molar-refractivity contribution in [3.63, 3.8) is 0 Å². The third-order valence-electron chi connectivity index (χ3n) is 8.03. The molecule has 206 valence electrons. The number of rotatable bonds is 7. The van der Waals surface area contributed by atoms with E-state index in [9.17, 15) is 14.7 Å². The van der Waals surface area contributed by atoms with Gasteiger partial charge in [-0.1, -0.05) is 44.6 Å². The zero-order valence-electron chi connectivity index (χ0n) is 22.4. The summed E-state index contributed by atoms with van der Waals surface area (Å²) in [6.07, 6.45) is 11.0. The lowest BCUT2D eigenvalue weighted by Crippen LogP contribution is -2.29. The van der Waals surface area contributed by atoms with E-state index in [0.29, 0.717) is 52.0 Å². The van der Waals surface area contributed by atoms with Crippen LogP contribution in [-0.4, -0.2) is 40.3 Å². The SMILES string of the molecule is COc1ccc(C2(O)OC(=O)C(c3ccc4nsnc4c3)=C2CC2CCCC2)cc1OC.O=CC1CCCC1. The van der Waals surface area contributed by atoms with Gasteiger partial charge in [-0.2, -0.15) is 8.75 Å². The molecule has 2 saturated carbocycles. The number of aldehydes is 1. The standard InChI is InChI=1S/C24H24N2O5S.C6H10O/c1-29-20-10-8-16(13-21(20)30-2)24(28)17(11-14-5-3-4-6-14)22(23(27)31-24)15-7-9-18-19(12-15)26-32-25-18;7-5-6-3-1-2-4-6/h7-10,12-14,28H,3-6,11H2,1-2H3;5-6H,1-4H2. The summed E-state index contributed by atoms with van der Waals surface area (Å²) in [4.78, 5) is 23.2. The van der Waals surface area contributed by atoms with Gasteiger partial charge >= 0.3 is 5.97 Å². The summed E-state index contributed by atoms with van der Waals surface area (Å²) in [6, 6.07) is 10.6. The molecule has 2 aliphatic carbocycles. The molecule has 3 aromatic rings. The van der Waals surface area contributed by atoms with Gasteiger partial charge in [-0.05, 0) is 61.1 Å². The van der Waals surface area contributed by atoms with Crippen LogP contribution >= 0.6 is 11.7 Å². The largest absolute Gasteiger partial charge is 0.493 e. The lowest BCUT2D eigenvalue weighted by Gasteiger charge is -2.27. The van der Waals surface area contributed by atoms with E-state index < -0.39 is 11.8 Å². The molecular weight excluding hydrogens is 516 g/mol. The molecule has 6 rings (SSSR count). The smallest absolute Gasteiger partial charge is 0.341 e. The second-order valence-corrected chi connectivity index (χ2v) is 11.0. The summed E-state index contributed by atoms with van der Waals surface area (Å²) in [5.41, 5.74) is 3.60. The Kier molecular flexibility index (Phi) is 8.28. The predicted molar refractivity (Wildman–Crippen MR) is 148 cm³/mol. The third kappa shape index (κ3) is 5.56. The van der Waals surface area contributed by atoms with Gasteiger partial charge in [0.2, 0.25) is 0 Å². The fourth-order valence-electron chi connectivity index (χ4n) is 5.89. The minimum atomic E-state index is -1.87. The van der Waals surface area contributed by atoms with Crippen molar-refractivity contribution in [3.05, 3.63) is 53.1 Å². The van der Waals surface area contributed by atoms with E-state index in [-0.39, 0.29) is 0 Å². The predicted octanol–water partition coefficient (Wildman–Crippen LogP) is 5.82. The molecule has 1 atom stereocenters. The summed E-state index contributed by atoms with van der Waals surface area (Å²) in [5.74, 6) is -0.613. The van der Waals surface area contributed by atoms with Gasteiger partial charge < -0.3 is 24.1 Å². The third-order valence-corrected chi connectivity index (χ3v) is 8.59. The van der Waals surface area contributed by atoms with E-state index in [1.165, 1.54) is 20.0 Å². The Hall–Kier alpha value is -3.30. The topological polar surface area (TPSA) is 108 Å². The monoisotopic (exact) mass is 550 g/mol. The van der Waals surface area contributed by atoms with Crippen molar-refractivity contribution in [1.82, 2.24) is 8.75 Å². The van der Waals surface area contributed by atoms with E-state index in [4.69, 9.17) is 14.2 Å². The maximum atomic E-state index is 13.2. The van der Waals surface area contributed by atoms with Crippen LogP contribution in [0.3, 0.4) is 0 Å². The van der Waals surface area contributed by atoms with Crippen LogP contribution in [0.25, 0.3) is 16.6 Å². The second-order valence-electron chi connectivity index (χ2n) is 10.5. The summed E-state index contributed by atoms with van der Waals surface area (Å²) in [5, 5.41) is 11.8. The van der Waals surface area contributed by atoms with Gasteiger partial charge in [0.25, 0.3) is 5.79 Å². The highest BCUT2D eigenvalue weighted by molar-refractivity contribution is 7.00. The average Bonchev–Trinajstić information content (AvgIpc) is 3.77. The molecule has 1 unspecified atom stereocenters. The number of aromatic nitrogens is 2. The highest BCUT2D eigenvalue weighted by atomic mass is 32.1. The molecule has 9 heteroatoms. The first kappa shape index (κ1) is 27.3. The van der Waals surface area contributed by atoms with Crippen molar-refractivity contribution in [2.45, 2.75) is 63.6 Å². The summed E-state index contributed by atoms with van der Waals surface area (Å²) < 4.78 is 25.0. The molecule has 2 fully saturated rings. The average molecular weight is 551 g/mol. The first-order valence-electron chi connectivity index (χ1n) is 13.6. The van der Waals surface area contributed by atoms with Crippen LogP contribution in [0.2, 0.25) is 0 Å². The Morgan fingerprint density at radius 1 is 0.974 bits per heavy atom. The number of benzene rings is 2. The number of methoxy groups -OCH3 is 2. The number of esters is 1. The van der Waals surface area contributed by atoms with Crippen LogP contribution in [-0.2, 0) is 20.1 Å². The van der Waals surface area contributed by atoms with Gasteiger partial charge in [0, 0.05) is 17.1 Å². The molecule has 0 bridgehead atoms. The maximum absolute atomic E-state index is 13.2. The van der Waals surface area contributed by atoms with Crippen LogP contribution in [0.4, 0.5) is 0 Å². The van der Waals surface area contributed by atoms with Crippen molar-refractivity contribution in [2.24, 2.45) is 11.8 Å². The molecule has 8 nitrogen and oxygen atoms in total.